The Hall–Kier alpha value is -1.80. The highest BCUT2D eigenvalue weighted by atomic mass is 32.2. The summed E-state index contributed by atoms with van der Waals surface area (Å²) in [6, 6.07) is 7.66. The zero-order valence-electron chi connectivity index (χ0n) is 14.6. The smallest absolute Gasteiger partial charge is 0.233 e. The maximum Gasteiger partial charge on any atom is 0.233 e. The Morgan fingerprint density at radius 2 is 1.27 bits per heavy atom. The predicted molar refractivity (Wildman–Crippen MR) is 101 cm³/mol. The van der Waals surface area contributed by atoms with Crippen molar-refractivity contribution >= 4 is 35.3 Å². The van der Waals surface area contributed by atoms with Crippen molar-refractivity contribution in [1.29, 1.82) is 0 Å². The third-order valence-corrected chi connectivity index (χ3v) is 6.96. The van der Waals surface area contributed by atoms with Crippen molar-refractivity contribution < 1.29 is 18.4 Å². The third-order valence-electron chi connectivity index (χ3n) is 4.53. The maximum atomic E-state index is 12.3. The summed E-state index contributed by atoms with van der Waals surface area (Å²) < 4.78 is 11.4. The summed E-state index contributed by atoms with van der Waals surface area (Å²) in [6.07, 6.45) is 0. The monoisotopic (exact) mass is 392 g/mol. The van der Waals surface area contributed by atoms with E-state index in [0.717, 1.165) is 23.0 Å². The molecule has 0 radical (unpaired) electrons. The van der Waals surface area contributed by atoms with Crippen molar-refractivity contribution in [2.75, 3.05) is 24.6 Å². The molecule has 2 aliphatic rings. The number of rotatable bonds is 5. The molecule has 138 valence electrons. The van der Waals surface area contributed by atoms with Crippen molar-refractivity contribution in [2.45, 2.75) is 24.6 Å². The maximum absolute atomic E-state index is 12.3. The molecule has 0 aliphatic carbocycles. The first-order chi connectivity index (χ1) is 12.5. The SMILES string of the molecule is Cc1ccc(C2SCC(=O)N2CCN2C(=O)CSC2c2ccc(C)o2)o1. The molecular weight excluding hydrogens is 372 g/mol. The molecule has 2 amide bonds. The van der Waals surface area contributed by atoms with E-state index in [1.165, 1.54) is 0 Å². The molecule has 0 bridgehead atoms. The normalized spacial score (nSPS) is 23.5. The highest BCUT2D eigenvalue weighted by molar-refractivity contribution is 8.00. The molecule has 0 spiro atoms. The minimum Gasteiger partial charge on any atom is -0.463 e. The lowest BCUT2D eigenvalue weighted by Gasteiger charge is -2.27. The van der Waals surface area contributed by atoms with Crippen molar-refractivity contribution in [2.24, 2.45) is 0 Å². The van der Waals surface area contributed by atoms with Gasteiger partial charge in [-0.25, -0.2) is 0 Å². The van der Waals surface area contributed by atoms with Crippen molar-refractivity contribution in [3.05, 3.63) is 47.3 Å². The summed E-state index contributed by atoms with van der Waals surface area (Å²) in [5.74, 6) is 4.29. The fourth-order valence-electron chi connectivity index (χ4n) is 3.25. The van der Waals surface area contributed by atoms with E-state index in [1.807, 2.05) is 47.9 Å². The van der Waals surface area contributed by atoms with Gasteiger partial charge in [0.15, 0.2) is 0 Å². The Morgan fingerprint density at radius 3 is 1.62 bits per heavy atom. The molecule has 2 aromatic heterocycles. The molecule has 6 nitrogen and oxygen atoms in total. The molecule has 2 aliphatic heterocycles. The van der Waals surface area contributed by atoms with Crippen LogP contribution in [-0.2, 0) is 9.59 Å². The second-order valence-electron chi connectivity index (χ2n) is 6.40. The Labute approximate surface area is 160 Å². The van der Waals surface area contributed by atoms with Gasteiger partial charge in [-0.05, 0) is 38.1 Å². The average Bonchev–Trinajstić information content (AvgIpc) is 3.36. The van der Waals surface area contributed by atoms with Gasteiger partial charge in [0.1, 0.15) is 33.8 Å². The lowest BCUT2D eigenvalue weighted by atomic mass is 10.3. The van der Waals surface area contributed by atoms with E-state index >= 15 is 0 Å². The Morgan fingerprint density at radius 1 is 0.846 bits per heavy atom. The highest BCUT2D eigenvalue weighted by Gasteiger charge is 2.38. The molecule has 2 fully saturated rings. The van der Waals surface area contributed by atoms with Gasteiger partial charge >= 0.3 is 0 Å². The summed E-state index contributed by atoms with van der Waals surface area (Å²) in [5, 5.41) is -0.239. The summed E-state index contributed by atoms with van der Waals surface area (Å²) >= 11 is 3.13. The van der Waals surface area contributed by atoms with Crippen LogP contribution in [0.1, 0.15) is 33.8 Å². The molecule has 4 heterocycles. The Kier molecular flexibility index (Phi) is 4.79. The second kappa shape index (κ2) is 7.08. The van der Waals surface area contributed by atoms with Crippen molar-refractivity contribution in [3.63, 3.8) is 0 Å². The lowest BCUT2D eigenvalue weighted by Crippen LogP contribution is -2.38. The number of hydrogen-bond acceptors (Lipinski definition) is 6. The number of hydrogen-bond donors (Lipinski definition) is 0. The van der Waals surface area contributed by atoms with Crippen LogP contribution in [0.25, 0.3) is 0 Å². The van der Waals surface area contributed by atoms with Crippen molar-refractivity contribution in [1.82, 2.24) is 9.80 Å². The van der Waals surface area contributed by atoms with E-state index in [1.54, 1.807) is 23.5 Å². The number of furan rings is 2. The standard InChI is InChI=1S/C18H20N2O4S2/c1-11-3-5-13(23-11)17-19(15(21)9-25-17)7-8-20-16(22)10-26-18(20)14-6-4-12(2)24-14/h3-6,17-18H,7-10H2,1-2H3. The number of nitrogens with zero attached hydrogens (tertiary/aromatic N) is 2. The van der Waals surface area contributed by atoms with Crippen LogP contribution in [0.3, 0.4) is 0 Å². The number of aryl methyl sites for hydroxylation is 2. The van der Waals surface area contributed by atoms with Crippen LogP contribution in [0.4, 0.5) is 0 Å². The fraction of sp³-hybridized carbons (Fsp3) is 0.444. The first-order valence-electron chi connectivity index (χ1n) is 8.48. The van der Waals surface area contributed by atoms with Gasteiger partial charge in [-0.2, -0.15) is 0 Å². The minimum atomic E-state index is -0.120. The van der Waals surface area contributed by atoms with Gasteiger partial charge in [-0.1, -0.05) is 0 Å². The molecule has 2 unspecified atom stereocenters. The van der Waals surface area contributed by atoms with Gasteiger partial charge in [-0.15, -0.1) is 23.5 Å². The third kappa shape index (κ3) is 3.27. The molecule has 0 saturated carbocycles. The van der Waals surface area contributed by atoms with E-state index < -0.39 is 0 Å². The van der Waals surface area contributed by atoms with Crippen LogP contribution in [0, 0.1) is 13.8 Å². The van der Waals surface area contributed by atoms with Gasteiger partial charge in [0.05, 0.1) is 11.5 Å². The Bertz CT molecular complexity index is 763. The van der Waals surface area contributed by atoms with Crippen LogP contribution >= 0.6 is 23.5 Å². The van der Waals surface area contributed by atoms with Crippen molar-refractivity contribution in [3.8, 4) is 0 Å². The van der Waals surface area contributed by atoms with Crippen LogP contribution in [0.5, 0.6) is 0 Å². The van der Waals surface area contributed by atoms with Crippen LogP contribution < -0.4 is 0 Å². The van der Waals surface area contributed by atoms with E-state index in [2.05, 4.69) is 0 Å². The topological polar surface area (TPSA) is 66.9 Å². The summed E-state index contributed by atoms with van der Waals surface area (Å²) in [7, 11) is 0. The quantitative estimate of drug-likeness (QED) is 0.778. The van der Waals surface area contributed by atoms with Gasteiger partial charge in [0.25, 0.3) is 0 Å². The molecule has 0 aromatic carbocycles. The highest BCUT2D eigenvalue weighted by Crippen LogP contribution is 2.41. The first kappa shape index (κ1) is 17.6. The largest absolute Gasteiger partial charge is 0.463 e. The first-order valence-corrected chi connectivity index (χ1v) is 10.6. The van der Waals surface area contributed by atoms with Crippen LogP contribution in [0.2, 0.25) is 0 Å². The van der Waals surface area contributed by atoms with E-state index in [0.29, 0.717) is 24.6 Å². The average molecular weight is 393 g/mol. The molecule has 0 N–H and O–H groups in total. The summed E-state index contributed by atoms with van der Waals surface area (Å²) in [6.45, 7) is 4.76. The summed E-state index contributed by atoms with van der Waals surface area (Å²) in [5.41, 5.74) is 0. The minimum absolute atomic E-state index is 0.0822. The molecule has 2 atom stereocenters. The van der Waals surface area contributed by atoms with Gasteiger partial charge < -0.3 is 18.6 Å². The van der Waals surface area contributed by atoms with E-state index in [-0.39, 0.29) is 22.6 Å². The molecule has 2 aromatic rings. The van der Waals surface area contributed by atoms with E-state index in [4.69, 9.17) is 8.83 Å². The Balaban J connectivity index is 1.47. The van der Waals surface area contributed by atoms with Gasteiger partial charge in [0.2, 0.25) is 11.8 Å². The number of thioether (sulfide) groups is 2. The summed E-state index contributed by atoms with van der Waals surface area (Å²) in [4.78, 5) is 28.3. The van der Waals surface area contributed by atoms with Gasteiger partial charge in [-0.3, -0.25) is 9.59 Å². The molecular formula is C18H20N2O4S2. The predicted octanol–water partition coefficient (Wildman–Crippen LogP) is 3.34. The van der Waals surface area contributed by atoms with Crippen LogP contribution in [0.15, 0.2) is 33.1 Å². The fourth-order valence-corrected chi connectivity index (χ4v) is 5.57. The zero-order chi connectivity index (χ0) is 18.3. The van der Waals surface area contributed by atoms with E-state index in [9.17, 15) is 9.59 Å². The molecule has 8 heteroatoms. The lowest BCUT2D eigenvalue weighted by molar-refractivity contribution is -0.132. The second-order valence-corrected chi connectivity index (χ2v) is 8.53. The number of carbonyl (C=O) groups excluding carboxylic acids is 2. The number of amides is 2. The van der Waals surface area contributed by atoms with Crippen LogP contribution in [-0.4, -0.2) is 46.2 Å². The number of carbonyl (C=O) groups is 2. The van der Waals surface area contributed by atoms with Gasteiger partial charge in [0, 0.05) is 13.1 Å². The molecule has 4 rings (SSSR count). The zero-order valence-corrected chi connectivity index (χ0v) is 16.3. The molecule has 2 saturated heterocycles. The molecule has 26 heavy (non-hydrogen) atoms.